The molecular weight excluding hydrogens is 353 g/mol. The van der Waals surface area contributed by atoms with Gasteiger partial charge in [-0.15, -0.1) is 0 Å². The molecule has 3 rings (SSSR count). The van der Waals surface area contributed by atoms with Gasteiger partial charge in [0.2, 0.25) is 0 Å². The highest BCUT2D eigenvalue weighted by Crippen LogP contribution is 2.39. The second kappa shape index (κ2) is 10.9. The lowest BCUT2D eigenvalue weighted by Gasteiger charge is -2.37. The van der Waals surface area contributed by atoms with Crippen LogP contribution in [0, 0.1) is 17.7 Å². The van der Waals surface area contributed by atoms with Gasteiger partial charge in [0.1, 0.15) is 5.82 Å². The molecule has 156 valence electrons. The smallest absolute Gasteiger partial charge is 0.306 e. The van der Waals surface area contributed by atoms with Crippen molar-refractivity contribution in [2.24, 2.45) is 11.8 Å². The first-order valence-electron chi connectivity index (χ1n) is 11.3. The molecule has 1 N–H and O–H groups in total. The number of hydrogen-bond donors (Lipinski definition) is 1. The van der Waals surface area contributed by atoms with Crippen LogP contribution >= 0.6 is 0 Å². The molecule has 0 radical (unpaired) electrons. The second-order valence-corrected chi connectivity index (χ2v) is 8.67. The summed E-state index contributed by atoms with van der Waals surface area (Å²) >= 11 is 0. The van der Waals surface area contributed by atoms with Gasteiger partial charge >= 0.3 is 5.97 Å². The highest BCUT2D eigenvalue weighted by Gasteiger charge is 2.34. The lowest BCUT2D eigenvalue weighted by molar-refractivity contribution is -0.144. The van der Waals surface area contributed by atoms with Gasteiger partial charge in [-0.1, -0.05) is 50.3 Å². The van der Waals surface area contributed by atoms with Crippen LogP contribution < -0.4 is 5.32 Å². The van der Waals surface area contributed by atoms with Crippen molar-refractivity contribution in [2.75, 3.05) is 13.2 Å². The van der Waals surface area contributed by atoms with Gasteiger partial charge in [-0.3, -0.25) is 4.79 Å². The Bertz CT molecular complexity index is 614. The number of esters is 1. The fourth-order valence-corrected chi connectivity index (χ4v) is 5.21. The predicted molar refractivity (Wildman–Crippen MR) is 111 cm³/mol. The summed E-state index contributed by atoms with van der Waals surface area (Å²) in [6, 6.07) is 7.45. The van der Waals surface area contributed by atoms with Crippen LogP contribution in [0.25, 0.3) is 0 Å². The van der Waals surface area contributed by atoms with E-state index in [0.29, 0.717) is 19.1 Å². The van der Waals surface area contributed by atoms with Crippen molar-refractivity contribution in [1.29, 1.82) is 0 Å². The summed E-state index contributed by atoms with van der Waals surface area (Å²) < 4.78 is 19.7. The van der Waals surface area contributed by atoms with Gasteiger partial charge in [0, 0.05) is 18.4 Å². The molecule has 28 heavy (non-hydrogen) atoms. The summed E-state index contributed by atoms with van der Waals surface area (Å²) in [5.74, 6) is 1.01. The first kappa shape index (κ1) is 21.3. The molecule has 0 amide bonds. The van der Waals surface area contributed by atoms with Crippen molar-refractivity contribution >= 4 is 5.97 Å². The molecule has 4 heteroatoms. The standard InChI is InChI=1S/C24H36FNO2/c1-2-28-24(27)17-19-12-13-23(26-15-14-18-8-4-3-5-9-18)21(16-19)20-10-6-7-11-22(20)25/h6-7,10-11,18-19,21,23,26H,2-5,8-9,12-17H2,1H3/t19-,21+,23-/m1/s1. The van der Waals surface area contributed by atoms with Crippen molar-refractivity contribution in [3.63, 3.8) is 0 Å². The maximum Gasteiger partial charge on any atom is 0.306 e. The normalized spacial score (nSPS) is 26.1. The molecule has 0 aromatic heterocycles. The number of carbonyl (C=O) groups is 1. The van der Waals surface area contributed by atoms with Crippen molar-refractivity contribution < 1.29 is 13.9 Å². The van der Waals surface area contributed by atoms with Crippen LogP contribution in [-0.4, -0.2) is 25.2 Å². The Morgan fingerprint density at radius 2 is 1.89 bits per heavy atom. The van der Waals surface area contributed by atoms with Gasteiger partial charge in [-0.25, -0.2) is 4.39 Å². The summed E-state index contributed by atoms with van der Waals surface area (Å²) in [4.78, 5) is 11.9. The number of rotatable bonds is 8. The number of hydrogen-bond acceptors (Lipinski definition) is 3. The molecule has 0 bridgehead atoms. The number of halogens is 1. The van der Waals surface area contributed by atoms with E-state index >= 15 is 0 Å². The molecular formula is C24H36FNO2. The van der Waals surface area contributed by atoms with Crippen LogP contribution in [-0.2, 0) is 9.53 Å². The Labute approximate surface area is 169 Å². The number of benzene rings is 1. The molecule has 2 fully saturated rings. The molecule has 0 spiro atoms. The van der Waals surface area contributed by atoms with E-state index in [1.165, 1.54) is 38.5 Å². The van der Waals surface area contributed by atoms with E-state index in [-0.39, 0.29) is 23.6 Å². The summed E-state index contributed by atoms with van der Waals surface area (Å²) in [5, 5.41) is 3.76. The van der Waals surface area contributed by atoms with E-state index in [1.807, 2.05) is 19.1 Å². The highest BCUT2D eigenvalue weighted by atomic mass is 19.1. The topological polar surface area (TPSA) is 38.3 Å². The Morgan fingerprint density at radius 1 is 1.11 bits per heavy atom. The first-order valence-corrected chi connectivity index (χ1v) is 11.3. The minimum atomic E-state index is -0.122. The van der Waals surface area contributed by atoms with Crippen LogP contribution in [0.15, 0.2) is 24.3 Å². The average molecular weight is 390 g/mol. The summed E-state index contributed by atoms with van der Waals surface area (Å²) in [5.41, 5.74) is 0.797. The molecule has 2 saturated carbocycles. The van der Waals surface area contributed by atoms with Gasteiger partial charge < -0.3 is 10.1 Å². The zero-order valence-electron chi connectivity index (χ0n) is 17.3. The fourth-order valence-electron chi connectivity index (χ4n) is 5.21. The largest absolute Gasteiger partial charge is 0.466 e. The van der Waals surface area contributed by atoms with E-state index < -0.39 is 0 Å². The number of ether oxygens (including phenoxy) is 1. The van der Waals surface area contributed by atoms with Crippen molar-refractivity contribution in [1.82, 2.24) is 5.32 Å². The number of nitrogens with one attached hydrogen (secondary N) is 1. The second-order valence-electron chi connectivity index (χ2n) is 8.67. The summed E-state index contributed by atoms with van der Waals surface area (Å²) in [6.07, 6.45) is 11.4. The van der Waals surface area contributed by atoms with Crippen molar-refractivity contribution in [3.8, 4) is 0 Å². The molecule has 2 aliphatic rings. The molecule has 1 aromatic rings. The van der Waals surface area contributed by atoms with Gasteiger partial charge in [0.25, 0.3) is 0 Å². The quantitative estimate of drug-likeness (QED) is 0.589. The minimum absolute atomic E-state index is 0.122. The Hall–Kier alpha value is -1.42. The zero-order chi connectivity index (χ0) is 19.8. The molecule has 1 aromatic carbocycles. The van der Waals surface area contributed by atoms with Crippen LogP contribution in [0.4, 0.5) is 4.39 Å². The van der Waals surface area contributed by atoms with Crippen LogP contribution in [0.3, 0.4) is 0 Å². The minimum Gasteiger partial charge on any atom is -0.466 e. The third-order valence-electron chi connectivity index (χ3n) is 6.71. The van der Waals surface area contributed by atoms with Crippen molar-refractivity contribution in [3.05, 3.63) is 35.6 Å². The van der Waals surface area contributed by atoms with E-state index in [9.17, 15) is 9.18 Å². The zero-order valence-corrected chi connectivity index (χ0v) is 17.3. The molecule has 0 unspecified atom stereocenters. The Balaban J connectivity index is 1.61. The van der Waals surface area contributed by atoms with E-state index in [0.717, 1.165) is 37.3 Å². The van der Waals surface area contributed by atoms with Crippen LogP contribution in [0.1, 0.15) is 82.6 Å². The monoisotopic (exact) mass is 389 g/mol. The van der Waals surface area contributed by atoms with Gasteiger partial charge in [0.15, 0.2) is 0 Å². The lowest BCUT2D eigenvalue weighted by atomic mass is 9.73. The molecule has 3 nitrogen and oxygen atoms in total. The molecule has 0 aliphatic heterocycles. The number of carbonyl (C=O) groups excluding carboxylic acids is 1. The van der Waals surface area contributed by atoms with E-state index in [1.54, 1.807) is 12.1 Å². The molecule has 0 saturated heterocycles. The maximum absolute atomic E-state index is 14.6. The average Bonchev–Trinajstić information content (AvgIpc) is 2.70. The fraction of sp³-hybridized carbons (Fsp3) is 0.708. The first-order chi connectivity index (χ1) is 13.7. The maximum atomic E-state index is 14.6. The van der Waals surface area contributed by atoms with Gasteiger partial charge in [-0.2, -0.15) is 0 Å². The van der Waals surface area contributed by atoms with E-state index in [4.69, 9.17) is 4.74 Å². The Kier molecular flexibility index (Phi) is 8.32. The molecule has 3 atom stereocenters. The van der Waals surface area contributed by atoms with Gasteiger partial charge in [-0.05, 0) is 62.6 Å². The predicted octanol–water partition coefficient (Wildman–Crippen LogP) is 5.59. The van der Waals surface area contributed by atoms with Crippen LogP contribution in [0.2, 0.25) is 0 Å². The van der Waals surface area contributed by atoms with Crippen LogP contribution in [0.5, 0.6) is 0 Å². The SMILES string of the molecule is CCOC(=O)C[C@@H]1CC[C@@H](NCCC2CCCCC2)[C@H](c2ccccc2F)C1. The van der Waals surface area contributed by atoms with E-state index in [2.05, 4.69) is 5.32 Å². The molecule has 0 heterocycles. The lowest BCUT2D eigenvalue weighted by Crippen LogP contribution is -2.41. The van der Waals surface area contributed by atoms with Crippen molar-refractivity contribution in [2.45, 2.75) is 83.1 Å². The van der Waals surface area contributed by atoms with Gasteiger partial charge in [0.05, 0.1) is 6.61 Å². The third kappa shape index (κ3) is 6.04. The summed E-state index contributed by atoms with van der Waals surface area (Å²) in [6.45, 7) is 3.28. The third-order valence-corrected chi connectivity index (χ3v) is 6.71. The Morgan fingerprint density at radius 3 is 2.64 bits per heavy atom. The molecule has 2 aliphatic carbocycles. The summed E-state index contributed by atoms with van der Waals surface area (Å²) in [7, 11) is 0. The highest BCUT2D eigenvalue weighted by molar-refractivity contribution is 5.69.